The van der Waals surface area contributed by atoms with Crippen LogP contribution >= 0.6 is 11.6 Å². The standard InChI is InChI=1S/C16H14ClFO2/c1-2-20-13-8-6-11(7-9-13)15(19)10-12-4-3-5-14(17)16(12)18/h3-9H,2,10H2,1H3. The summed E-state index contributed by atoms with van der Waals surface area (Å²) in [6.07, 6.45) is -0.0135. The average molecular weight is 293 g/mol. The zero-order valence-electron chi connectivity index (χ0n) is 11.0. The van der Waals surface area contributed by atoms with Gasteiger partial charge in [-0.1, -0.05) is 23.7 Å². The molecular weight excluding hydrogens is 279 g/mol. The number of hydrogen-bond acceptors (Lipinski definition) is 2. The van der Waals surface area contributed by atoms with E-state index < -0.39 is 5.82 Å². The van der Waals surface area contributed by atoms with Gasteiger partial charge in [0.1, 0.15) is 11.6 Å². The third-order valence-electron chi connectivity index (χ3n) is 2.87. The van der Waals surface area contributed by atoms with Crippen molar-refractivity contribution in [1.82, 2.24) is 0 Å². The first-order valence-electron chi connectivity index (χ1n) is 6.30. The monoisotopic (exact) mass is 292 g/mol. The molecule has 0 aliphatic rings. The van der Waals surface area contributed by atoms with Crippen LogP contribution in [0.2, 0.25) is 5.02 Å². The second-order valence-electron chi connectivity index (χ2n) is 4.27. The van der Waals surface area contributed by atoms with Gasteiger partial charge in [0.15, 0.2) is 5.78 Å². The number of ether oxygens (including phenoxy) is 1. The number of hydrogen-bond donors (Lipinski definition) is 0. The summed E-state index contributed by atoms with van der Waals surface area (Å²) in [5, 5.41) is 0.0296. The fraction of sp³-hybridized carbons (Fsp3) is 0.188. The minimum atomic E-state index is -0.534. The normalized spacial score (nSPS) is 10.3. The Morgan fingerprint density at radius 1 is 1.20 bits per heavy atom. The molecule has 20 heavy (non-hydrogen) atoms. The van der Waals surface area contributed by atoms with Crippen LogP contribution in [-0.4, -0.2) is 12.4 Å². The zero-order valence-corrected chi connectivity index (χ0v) is 11.8. The molecule has 2 nitrogen and oxygen atoms in total. The van der Waals surface area contributed by atoms with Crippen molar-refractivity contribution in [3.63, 3.8) is 0 Å². The molecule has 0 atom stereocenters. The van der Waals surface area contributed by atoms with Gasteiger partial charge in [0.25, 0.3) is 0 Å². The molecule has 2 aromatic rings. The van der Waals surface area contributed by atoms with E-state index in [1.54, 1.807) is 36.4 Å². The van der Waals surface area contributed by atoms with E-state index in [2.05, 4.69) is 0 Å². The molecule has 0 saturated heterocycles. The van der Waals surface area contributed by atoms with Crippen LogP contribution in [0.25, 0.3) is 0 Å². The first-order chi connectivity index (χ1) is 9.61. The van der Waals surface area contributed by atoms with Crippen LogP contribution in [0, 0.1) is 5.82 Å². The lowest BCUT2D eigenvalue weighted by Gasteiger charge is -2.06. The summed E-state index contributed by atoms with van der Waals surface area (Å²) < 4.78 is 19.0. The van der Waals surface area contributed by atoms with E-state index in [0.29, 0.717) is 23.5 Å². The highest BCUT2D eigenvalue weighted by Gasteiger charge is 2.12. The third kappa shape index (κ3) is 3.36. The van der Waals surface area contributed by atoms with Gasteiger partial charge >= 0.3 is 0 Å². The molecule has 0 aromatic heterocycles. The number of carbonyl (C=O) groups is 1. The fourth-order valence-electron chi connectivity index (χ4n) is 1.86. The van der Waals surface area contributed by atoms with Gasteiger partial charge in [-0.3, -0.25) is 4.79 Å². The quantitative estimate of drug-likeness (QED) is 0.768. The summed E-state index contributed by atoms with van der Waals surface area (Å²) in [6.45, 7) is 2.46. The largest absolute Gasteiger partial charge is 0.494 e. The molecule has 104 valence electrons. The van der Waals surface area contributed by atoms with Crippen molar-refractivity contribution in [3.05, 3.63) is 64.4 Å². The minimum absolute atomic E-state index is 0.0135. The smallest absolute Gasteiger partial charge is 0.167 e. The van der Waals surface area contributed by atoms with Crippen molar-refractivity contribution in [2.45, 2.75) is 13.3 Å². The highest BCUT2D eigenvalue weighted by atomic mass is 35.5. The van der Waals surface area contributed by atoms with Crippen molar-refractivity contribution < 1.29 is 13.9 Å². The van der Waals surface area contributed by atoms with E-state index in [1.807, 2.05) is 6.92 Å². The van der Waals surface area contributed by atoms with Gasteiger partial charge in [-0.2, -0.15) is 0 Å². The lowest BCUT2D eigenvalue weighted by Crippen LogP contribution is -2.05. The van der Waals surface area contributed by atoms with Crippen LogP contribution in [0.1, 0.15) is 22.8 Å². The molecular formula is C16H14ClFO2. The molecule has 2 rings (SSSR count). The maximum atomic E-state index is 13.7. The molecule has 4 heteroatoms. The second-order valence-corrected chi connectivity index (χ2v) is 4.68. The number of Topliss-reactive ketones (excluding diaryl/α,β-unsaturated/α-hetero) is 1. The Morgan fingerprint density at radius 2 is 1.90 bits per heavy atom. The predicted octanol–water partition coefficient (Wildman–Crippen LogP) is 4.30. The second kappa shape index (κ2) is 6.53. The Balaban J connectivity index is 2.13. The van der Waals surface area contributed by atoms with E-state index in [1.165, 1.54) is 6.07 Å². The van der Waals surface area contributed by atoms with Gasteiger partial charge < -0.3 is 4.74 Å². The summed E-state index contributed by atoms with van der Waals surface area (Å²) in [5.74, 6) is 0.0145. The van der Waals surface area contributed by atoms with Gasteiger partial charge in [-0.25, -0.2) is 4.39 Å². The lowest BCUT2D eigenvalue weighted by molar-refractivity contribution is 0.0992. The van der Waals surface area contributed by atoms with E-state index in [4.69, 9.17) is 16.3 Å². The number of ketones is 1. The summed E-state index contributed by atoms with van der Waals surface area (Å²) in [6, 6.07) is 11.5. The highest BCUT2D eigenvalue weighted by molar-refractivity contribution is 6.30. The Bertz CT molecular complexity index is 608. The van der Waals surface area contributed by atoms with Gasteiger partial charge in [0.2, 0.25) is 0 Å². The first kappa shape index (κ1) is 14.5. The molecule has 0 amide bonds. The van der Waals surface area contributed by atoms with E-state index in [0.717, 1.165) is 0 Å². The Labute approximate surface area is 122 Å². The Morgan fingerprint density at radius 3 is 2.55 bits per heavy atom. The number of benzene rings is 2. The average Bonchev–Trinajstić information content (AvgIpc) is 2.45. The third-order valence-corrected chi connectivity index (χ3v) is 3.16. The molecule has 0 N–H and O–H groups in total. The first-order valence-corrected chi connectivity index (χ1v) is 6.68. The lowest BCUT2D eigenvalue weighted by atomic mass is 10.0. The topological polar surface area (TPSA) is 26.3 Å². The van der Waals surface area contributed by atoms with Crippen molar-refractivity contribution >= 4 is 17.4 Å². The van der Waals surface area contributed by atoms with Crippen molar-refractivity contribution in [2.24, 2.45) is 0 Å². The minimum Gasteiger partial charge on any atom is -0.494 e. The molecule has 0 radical (unpaired) electrons. The zero-order chi connectivity index (χ0) is 14.5. The number of carbonyl (C=O) groups excluding carboxylic acids is 1. The van der Waals surface area contributed by atoms with Crippen LogP contribution < -0.4 is 4.74 Å². The maximum absolute atomic E-state index is 13.7. The molecule has 2 aromatic carbocycles. The number of halogens is 2. The summed E-state index contributed by atoms with van der Waals surface area (Å²) in [7, 11) is 0. The van der Waals surface area contributed by atoms with Crippen molar-refractivity contribution in [1.29, 1.82) is 0 Å². The van der Waals surface area contributed by atoms with E-state index in [9.17, 15) is 9.18 Å². The van der Waals surface area contributed by atoms with Crippen LogP contribution in [0.5, 0.6) is 5.75 Å². The van der Waals surface area contributed by atoms with Gasteiger partial charge in [-0.15, -0.1) is 0 Å². The highest BCUT2D eigenvalue weighted by Crippen LogP contribution is 2.20. The molecule has 0 heterocycles. The van der Waals surface area contributed by atoms with E-state index >= 15 is 0 Å². The molecule has 0 unspecified atom stereocenters. The van der Waals surface area contributed by atoms with Crippen molar-refractivity contribution in [3.8, 4) is 5.75 Å². The molecule has 0 aliphatic heterocycles. The molecule has 0 saturated carbocycles. The van der Waals surface area contributed by atoms with Crippen LogP contribution in [0.4, 0.5) is 4.39 Å². The molecule has 0 spiro atoms. The van der Waals surface area contributed by atoms with Gasteiger partial charge in [-0.05, 0) is 42.8 Å². The molecule has 0 fully saturated rings. The van der Waals surface area contributed by atoms with Crippen LogP contribution in [-0.2, 0) is 6.42 Å². The SMILES string of the molecule is CCOc1ccc(C(=O)Cc2cccc(Cl)c2F)cc1. The van der Waals surface area contributed by atoms with Crippen LogP contribution in [0.15, 0.2) is 42.5 Å². The fourth-order valence-corrected chi connectivity index (χ4v) is 2.06. The van der Waals surface area contributed by atoms with Gasteiger partial charge in [0, 0.05) is 12.0 Å². The summed E-state index contributed by atoms with van der Waals surface area (Å²) in [5.41, 5.74) is 0.823. The predicted molar refractivity (Wildman–Crippen MR) is 77.1 cm³/mol. The maximum Gasteiger partial charge on any atom is 0.167 e. The Hall–Kier alpha value is -1.87. The summed E-state index contributed by atoms with van der Waals surface area (Å²) >= 11 is 5.70. The van der Waals surface area contributed by atoms with Gasteiger partial charge in [0.05, 0.1) is 11.6 Å². The Kier molecular flexibility index (Phi) is 4.74. The number of rotatable bonds is 5. The van der Waals surface area contributed by atoms with E-state index in [-0.39, 0.29) is 17.2 Å². The summed E-state index contributed by atoms with van der Waals surface area (Å²) in [4.78, 5) is 12.1. The molecule has 0 bridgehead atoms. The molecule has 0 aliphatic carbocycles. The van der Waals surface area contributed by atoms with Crippen molar-refractivity contribution in [2.75, 3.05) is 6.61 Å². The van der Waals surface area contributed by atoms with Crippen LogP contribution in [0.3, 0.4) is 0 Å².